The number of benzene rings is 1. The summed E-state index contributed by atoms with van der Waals surface area (Å²) in [5, 5.41) is 0. The Kier molecular flexibility index (Phi) is 5.61. The van der Waals surface area contributed by atoms with Crippen LogP contribution in [0.3, 0.4) is 0 Å². The summed E-state index contributed by atoms with van der Waals surface area (Å²) in [5.41, 5.74) is 2.72. The van der Waals surface area contributed by atoms with E-state index in [9.17, 15) is 0 Å². The van der Waals surface area contributed by atoms with E-state index in [1.807, 2.05) is 0 Å². The van der Waals surface area contributed by atoms with Crippen LogP contribution >= 0.6 is 0 Å². The molecule has 0 amide bonds. The fraction of sp³-hybridized carbons (Fsp3) is 0.286. The molecule has 0 bridgehead atoms. The summed E-state index contributed by atoms with van der Waals surface area (Å²) in [4.78, 5) is 0. The van der Waals surface area contributed by atoms with Gasteiger partial charge in [-0.25, -0.2) is 0 Å². The molecule has 0 fully saturated rings. The predicted octanol–water partition coefficient (Wildman–Crippen LogP) is 3.35. The van der Waals surface area contributed by atoms with Crippen molar-refractivity contribution in [2.45, 2.75) is 26.6 Å². The van der Waals surface area contributed by atoms with Crippen molar-refractivity contribution >= 4 is 12.7 Å². The van der Waals surface area contributed by atoms with Crippen LogP contribution < -0.4 is 5.46 Å². The van der Waals surface area contributed by atoms with E-state index < -0.39 is 0 Å². The van der Waals surface area contributed by atoms with E-state index in [2.05, 4.69) is 69.7 Å². The molecule has 1 radical (unpaired) electrons. The van der Waals surface area contributed by atoms with Gasteiger partial charge in [-0.2, -0.15) is 0 Å². The minimum atomic E-state index is 1.11. The van der Waals surface area contributed by atoms with Crippen molar-refractivity contribution in [3.05, 3.63) is 54.1 Å². The van der Waals surface area contributed by atoms with Gasteiger partial charge in [0.2, 0.25) is 0 Å². The van der Waals surface area contributed by atoms with Crippen LogP contribution in [0.5, 0.6) is 0 Å². The number of hydrogen-bond donors (Lipinski definition) is 0. The molecule has 1 aromatic rings. The molecular weight excluding hydrogens is 179 g/mol. The van der Waals surface area contributed by atoms with E-state index in [1.165, 1.54) is 11.0 Å². The molecule has 0 aromatic heterocycles. The molecule has 0 N–H and O–H groups in total. The Hall–Kier alpha value is -1.24. The summed E-state index contributed by atoms with van der Waals surface area (Å²) in [6.07, 6.45) is 8.68. The van der Waals surface area contributed by atoms with Gasteiger partial charge in [0.05, 0.1) is 0 Å². The Morgan fingerprint density at radius 3 is 2.53 bits per heavy atom. The van der Waals surface area contributed by atoms with Gasteiger partial charge in [0.25, 0.3) is 0 Å². The Balaban J connectivity index is 2.33. The van der Waals surface area contributed by atoms with Crippen molar-refractivity contribution < 1.29 is 0 Å². The lowest BCUT2D eigenvalue weighted by Crippen LogP contribution is -2.12. The molecule has 1 aromatic carbocycles. The summed E-state index contributed by atoms with van der Waals surface area (Å²) in [7, 11) is 2.28. The maximum Gasteiger partial charge on any atom is 0.151 e. The van der Waals surface area contributed by atoms with Crippen LogP contribution in [0.1, 0.15) is 20.3 Å². The highest BCUT2D eigenvalue weighted by Gasteiger charge is 1.96. The minimum absolute atomic E-state index is 1.11. The normalized spacial score (nSPS) is 12.0. The molecule has 0 saturated heterocycles. The van der Waals surface area contributed by atoms with E-state index in [0.717, 1.165) is 12.7 Å². The second-order valence-electron chi connectivity index (χ2n) is 3.52. The number of hydrogen-bond acceptors (Lipinski definition) is 0. The fourth-order valence-corrected chi connectivity index (χ4v) is 1.53. The lowest BCUT2D eigenvalue weighted by molar-refractivity contribution is 1.13. The van der Waals surface area contributed by atoms with Gasteiger partial charge in [0, 0.05) is 0 Å². The van der Waals surface area contributed by atoms with E-state index in [-0.39, 0.29) is 0 Å². The molecule has 0 spiro atoms. The van der Waals surface area contributed by atoms with Crippen molar-refractivity contribution in [2.24, 2.45) is 0 Å². The molecule has 1 heteroatoms. The second-order valence-corrected chi connectivity index (χ2v) is 3.52. The summed E-state index contributed by atoms with van der Waals surface area (Å²) in [6, 6.07) is 10.5. The van der Waals surface area contributed by atoms with Crippen LogP contribution in [-0.4, -0.2) is 7.28 Å². The van der Waals surface area contributed by atoms with Gasteiger partial charge in [0.15, 0.2) is 7.28 Å². The van der Waals surface area contributed by atoms with E-state index in [1.54, 1.807) is 0 Å². The lowest BCUT2D eigenvalue weighted by Gasteiger charge is -2.01. The Morgan fingerprint density at radius 2 is 1.93 bits per heavy atom. The van der Waals surface area contributed by atoms with Crippen molar-refractivity contribution in [3.8, 4) is 0 Å². The first-order valence-corrected chi connectivity index (χ1v) is 5.53. The van der Waals surface area contributed by atoms with Gasteiger partial charge in [-0.3, -0.25) is 0 Å². The summed E-state index contributed by atoms with van der Waals surface area (Å²) in [5.74, 6) is 0. The van der Waals surface area contributed by atoms with Crippen molar-refractivity contribution in [3.63, 3.8) is 0 Å². The molecule has 0 aliphatic carbocycles. The summed E-state index contributed by atoms with van der Waals surface area (Å²) >= 11 is 0. The zero-order valence-electron chi connectivity index (χ0n) is 9.61. The Morgan fingerprint density at radius 1 is 1.20 bits per heavy atom. The SMILES string of the molecule is C/C=C\C(=C/C)CC[B]c1ccccc1. The van der Waals surface area contributed by atoms with Gasteiger partial charge < -0.3 is 0 Å². The van der Waals surface area contributed by atoms with Crippen molar-refractivity contribution in [1.29, 1.82) is 0 Å². The first-order chi connectivity index (χ1) is 7.36. The number of rotatable bonds is 5. The van der Waals surface area contributed by atoms with Crippen LogP contribution in [0.4, 0.5) is 0 Å². The van der Waals surface area contributed by atoms with E-state index >= 15 is 0 Å². The van der Waals surface area contributed by atoms with Gasteiger partial charge in [-0.05, 0) is 20.3 Å². The standard InChI is InChI=1S/C14H18B/c1-3-8-13(4-2)11-12-15-14-9-6-5-7-10-14/h3-10H,11-12H2,1-2H3/b8-3-,13-4+. The minimum Gasteiger partial charge on any atom is -0.0878 e. The molecule has 0 aliphatic rings. The van der Waals surface area contributed by atoms with Crippen LogP contribution in [0, 0.1) is 0 Å². The van der Waals surface area contributed by atoms with Gasteiger partial charge in [-0.15, -0.1) is 0 Å². The van der Waals surface area contributed by atoms with Crippen LogP contribution in [0.2, 0.25) is 6.32 Å². The lowest BCUT2D eigenvalue weighted by atomic mass is 9.66. The molecule has 1 rings (SSSR count). The van der Waals surface area contributed by atoms with Crippen molar-refractivity contribution in [2.75, 3.05) is 0 Å². The van der Waals surface area contributed by atoms with Crippen LogP contribution in [0.15, 0.2) is 54.1 Å². The molecule has 0 aliphatic heterocycles. The third kappa shape index (κ3) is 4.69. The molecule has 0 saturated carbocycles. The van der Waals surface area contributed by atoms with Gasteiger partial charge >= 0.3 is 0 Å². The van der Waals surface area contributed by atoms with Crippen LogP contribution in [-0.2, 0) is 0 Å². The molecule has 0 heterocycles. The fourth-order valence-electron chi connectivity index (χ4n) is 1.53. The first kappa shape index (κ1) is 11.8. The molecule has 15 heavy (non-hydrogen) atoms. The first-order valence-electron chi connectivity index (χ1n) is 5.53. The largest absolute Gasteiger partial charge is 0.151 e. The van der Waals surface area contributed by atoms with E-state index in [4.69, 9.17) is 0 Å². The predicted molar refractivity (Wildman–Crippen MR) is 69.8 cm³/mol. The molecule has 0 unspecified atom stereocenters. The maximum absolute atomic E-state index is 2.28. The van der Waals surface area contributed by atoms with Gasteiger partial charge in [-0.1, -0.05) is 65.9 Å². The average molecular weight is 197 g/mol. The number of allylic oxidation sites excluding steroid dienone is 4. The highest BCUT2D eigenvalue weighted by Crippen LogP contribution is 2.06. The Bertz CT molecular complexity index is 322. The highest BCUT2D eigenvalue weighted by molar-refractivity contribution is 6.53. The maximum atomic E-state index is 2.28. The second kappa shape index (κ2) is 7.11. The molecule has 0 nitrogen and oxygen atoms in total. The zero-order chi connectivity index (χ0) is 10.9. The molecule has 77 valence electrons. The summed E-state index contributed by atoms with van der Waals surface area (Å²) < 4.78 is 0. The van der Waals surface area contributed by atoms with Crippen molar-refractivity contribution in [1.82, 2.24) is 0 Å². The molecular formula is C14H18B. The van der Waals surface area contributed by atoms with Gasteiger partial charge in [0.1, 0.15) is 0 Å². The smallest absolute Gasteiger partial charge is 0.0878 e. The molecule has 0 atom stereocenters. The van der Waals surface area contributed by atoms with Crippen LogP contribution in [0.25, 0.3) is 0 Å². The topological polar surface area (TPSA) is 0 Å². The zero-order valence-corrected chi connectivity index (χ0v) is 9.61. The monoisotopic (exact) mass is 197 g/mol. The third-order valence-corrected chi connectivity index (χ3v) is 2.36. The summed E-state index contributed by atoms with van der Waals surface area (Å²) in [6.45, 7) is 4.16. The third-order valence-electron chi connectivity index (χ3n) is 2.36. The highest BCUT2D eigenvalue weighted by atomic mass is 13.9. The van der Waals surface area contributed by atoms with E-state index in [0.29, 0.717) is 0 Å². The average Bonchev–Trinajstić information content (AvgIpc) is 2.29. The quantitative estimate of drug-likeness (QED) is 0.501. The Labute approximate surface area is 94.0 Å².